The van der Waals surface area contributed by atoms with Gasteiger partial charge in [-0.2, -0.15) is 11.8 Å². The van der Waals surface area contributed by atoms with Gasteiger partial charge in [-0.05, 0) is 36.9 Å². The number of anilines is 1. The lowest BCUT2D eigenvalue weighted by Gasteiger charge is -2.10. The van der Waals surface area contributed by atoms with E-state index in [9.17, 15) is 8.42 Å². The van der Waals surface area contributed by atoms with Crippen molar-refractivity contribution >= 4 is 27.5 Å². The molecule has 1 atom stereocenters. The molecule has 0 aliphatic heterocycles. The molecular weight excluding hydrogens is 270 g/mol. The summed E-state index contributed by atoms with van der Waals surface area (Å²) in [7, 11) is -3.42. The van der Waals surface area contributed by atoms with Gasteiger partial charge in [0.2, 0.25) is 10.0 Å². The van der Waals surface area contributed by atoms with Crippen LogP contribution in [0, 0.1) is 0 Å². The highest BCUT2D eigenvalue weighted by Gasteiger charge is 2.13. The Hall–Kier alpha value is -0.760. The van der Waals surface area contributed by atoms with Gasteiger partial charge in [-0.3, -0.25) is 5.84 Å². The zero-order valence-corrected chi connectivity index (χ0v) is 12.1. The molecule has 0 saturated heterocycles. The van der Waals surface area contributed by atoms with E-state index in [1.54, 1.807) is 23.9 Å². The van der Waals surface area contributed by atoms with Crippen LogP contribution in [0.3, 0.4) is 0 Å². The molecule has 0 radical (unpaired) electrons. The molecule has 7 heteroatoms. The van der Waals surface area contributed by atoms with Crippen LogP contribution >= 0.6 is 11.8 Å². The van der Waals surface area contributed by atoms with E-state index in [0.717, 1.165) is 6.42 Å². The number of nitrogens with one attached hydrogen (secondary N) is 2. The van der Waals surface area contributed by atoms with Crippen molar-refractivity contribution in [2.75, 3.05) is 18.2 Å². The number of sulfonamides is 1. The van der Waals surface area contributed by atoms with Crippen molar-refractivity contribution in [2.24, 2.45) is 5.84 Å². The Labute approximate surface area is 113 Å². The molecule has 0 saturated carbocycles. The third-order valence-corrected chi connectivity index (χ3v) is 5.09. The Balaban J connectivity index is 2.62. The van der Waals surface area contributed by atoms with Crippen LogP contribution in [0.25, 0.3) is 0 Å². The molecule has 5 nitrogen and oxygen atoms in total. The molecular formula is C11H19N3O2S2. The number of nitrogens with two attached hydrogens (primary N) is 1. The first-order valence-electron chi connectivity index (χ1n) is 5.58. The molecule has 4 N–H and O–H groups in total. The molecule has 0 amide bonds. The van der Waals surface area contributed by atoms with E-state index in [4.69, 9.17) is 5.84 Å². The van der Waals surface area contributed by atoms with Gasteiger partial charge in [0.05, 0.1) is 4.90 Å². The van der Waals surface area contributed by atoms with Crippen LogP contribution in [0.2, 0.25) is 0 Å². The maximum Gasteiger partial charge on any atom is 0.240 e. The lowest BCUT2D eigenvalue weighted by molar-refractivity contribution is 0.579. The SMILES string of the molecule is CSC(C)CCNS(=O)(=O)c1ccc(NN)cc1. The molecule has 1 rings (SSSR count). The second-order valence-electron chi connectivity index (χ2n) is 3.90. The summed E-state index contributed by atoms with van der Waals surface area (Å²) in [5.41, 5.74) is 3.12. The first kappa shape index (κ1) is 15.3. The Kier molecular flexibility index (Phi) is 5.94. The second-order valence-corrected chi connectivity index (χ2v) is 6.94. The summed E-state index contributed by atoms with van der Waals surface area (Å²) >= 11 is 1.72. The van der Waals surface area contributed by atoms with Crippen LogP contribution in [-0.4, -0.2) is 26.5 Å². The molecule has 0 bridgehead atoms. The van der Waals surface area contributed by atoms with Gasteiger partial charge in [0, 0.05) is 17.5 Å². The maximum atomic E-state index is 11.9. The van der Waals surface area contributed by atoms with E-state index >= 15 is 0 Å². The molecule has 0 heterocycles. The number of hydrogen-bond acceptors (Lipinski definition) is 5. The number of hydrazine groups is 1. The standard InChI is InChI=1S/C11H19N3O2S2/c1-9(17-2)7-8-13-18(15,16)11-5-3-10(14-12)4-6-11/h3-6,9,13-14H,7-8,12H2,1-2H3. The molecule has 1 aromatic carbocycles. The predicted octanol–water partition coefficient (Wildman–Crippen LogP) is 1.39. The van der Waals surface area contributed by atoms with Crippen molar-refractivity contribution in [1.82, 2.24) is 4.72 Å². The van der Waals surface area contributed by atoms with Crippen LogP contribution in [-0.2, 0) is 10.0 Å². The van der Waals surface area contributed by atoms with Crippen LogP contribution in [0.15, 0.2) is 29.2 Å². The molecule has 1 unspecified atom stereocenters. The summed E-state index contributed by atoms with van der Waals surface area (Å²) in [4.78, 5) is 0.248. The largest absolute Gasteiger partial charge is 0.324 e. The molecule has 0 spiro atoms. The summed E-state index contributed by atoms with van der Waals surface area (Å²) < 4.78 is 26.4. The van der Waals surface area contributed by atoms with Gasteiger partial charge < -0.3 is 5.43 Å². The minimum atomic E-state index is -3.42. The first-order chi connectivity index (χ1) is 8.49. The minimum Gasteiger partial charge on any atom is -0.324 e. The van der Waals surface area contributed by atoms with Gasteiger partial charge in [0.1, 0.15) is 0 Å². The van der Waals surface area contributed by atoms with Gasteiger partial charge in [0.15, 0.2) is 0 Å². The normalized spacial score (nSPS) is 13.3. The summed E-state index contributed by atoms with van der Waals surface area (Å²) in [6.45, 7) is 2.52. The Morgan fingerprint density at radius 2 is 1.94 bits per heavy atom. The molecule has 102 valence electrons. The number of rotatable bonds is 7. The van der Waals surface area contributed by atoms with E-state index in [2.05, 4.69) is 17.1 Å². The van der Waals surface area contributed by atoms with E-state index in [-0.39, 0.29) is 4.90 Å². The van der Waals surface area contributed by atoms with E-state index in [0.29, 0.717) is 17.5 Å². The topological polar surface area (TPSA) is 84.2 Å². The van der Waals surface area contributed by atoms with Crippen molar-refractivity contribution in [3.05, 3.63) is 24.3 Å². The van der Waals surface area contributed by atoms with Crippen molar-refractivity contribution in [3.63, 3.8) is 0 Å². The highest BCUT2D eigenvalue weighted by molar-refractivity contribution is 7.99. The van der Waals surface area contributed by atoms with Crippen molar-refractivity contribution in [1.29, 1.82) is 0 Å². The molecule has 0 aromatic heterocycles. The third-order valence-electron chi connectivity index (χ3n) is 2.58. The second kappa shape index (κ2) is 6.98. The molecule has 0 fully saturated rings. The van der Waals surface area contributed by atoms with E-state index in [1.807, 2.05) is 6.26 Å². The maximum absolute atomic E-state index is 11.9. The molecule has 0 aliphatic carbocycles. The summed E-state index contributed by atoms with van der Waals surface area (Å²) in [6.07, 6.45) is 2.82. The third kappa shape index (κ3) is 4.49. The first-order valence-corrected chi connectivity index (χ1v) is 8.36. The van der Waals surface area contributed by atoms with Crippen molar-refractivity contribution < 1.29 is 8.42 Å². The van der Waals surface area contributed by atoms with Gasteiger partial charge in [-0.15, -0.1) is 0 Å². The average Bonchev–Trinajstić information content (AvgIpc) is 2.38. The highest BCUT2D eigenvalue weighted by Crippen LogP contribution is 2.13. The van der Waals surface area contributed by atoms with Gasteiger partial charge in [0.25, 0.3) is 0 Å². The molecule has 0 aliphatic rings. The fourth-order valence-electron chi connectivity index (χ4n) is 1.33. The minimum absolute atomic E-state index is 0.248. The van der Waals surface area contributed by atoms with Gasteiger partial charge in [-0.25, -0.2) is 13.1 Å². The van der Waals surface area contributed by atoms with Gasteiger partial charge >= 0.3 is 0 Å². The van der Waals surface area contributed by atoms with E-state index < -0.39 is 10.0 Å². The zero-order valence-electron chi connectivity index (χ0n) is 10.5. The summed E-state index contributed by atoms with van der Waals surface area (Å²) in [5.74, 6) is 5.22. The monoisotopic (exact) mass is 289 g/mol. The fraction of sp³-hybridized carbons (Fsp3) is 0.455. The zero-order chi connectivity index (χ0) is 13.6. The predicted molar refractivity (Wildman–Crippen MR) is 77.0 cm³/mol. The Morgan fingerprint density at radius 1 is 1.33 bits per heavy atom. The lowest BCUT2D eigenvalue weighted by atomic mass is 10.3. The Bertz CT molecular complexity index is 460. The van der Waals surface area contributed by atoms with Crippen LogP contribution in [0.4, 0.5) is 5.69 Å². The quantitative estimate of drug-likeness (QED) is 0.522. The van der Waals surface area contributed by atoms with Crippen molar-refractivity contribution in [3.8, 4) is 0 Å². The number of benzene rings is 1. The van der Waals surface area contributed by atoms with E-state index in [1.165, 1.54) is 12.1 Å². The number of hydrogen-bond donors (Lipinski definition) is 3. The smallest absolute Gasteiger partial charge is 0.240 e. The van der Waals surface area contributed by atoms with Crippen LogP contribution < -0.4 is 16.0 Å². The van der Waals surface area contributed by atoms with Crippen LogP contribution in [0.5, 0.6) is 0 Å². The average molecular weight is 289 g/mol. The van der Waals surface area contributed by atoms with Gasteiger partial charge in [-0.1, -0.05) is 6.92 Å². The molecule has 18 heavy (non-hydrogen) atoms. The summed E-state index contributed by atoms with van der Waals surface area (Å²) in [6, 6.07) is 6.29. The van der Waals surface area contributed by atoms with Crippen molar-refractivity contribution in [2.45, 2.75) is 23.5 Å². The van der Waals surface area contributed by atoms with Crippen LogP contribution in [0.1, 0.15) is 13.3 Å². The number of nitrogen functional groups attached to an aromatic ring is 1. The Morgan fingerprint density at radius 3 is 2.44 bits per heavy atom. The summed E-state index contributed by atoms with van der Waals surface area (Å²) in [5, 5.41) is 0.441. The fourth-order valence-corrected chi connectivity index (χ4v) is 2.73. The molecule has 1 aromatic rings. The number of thioether (sulfide) groups is 1. The highest BCUT2D eigenvalue weighted by atomic mass is 32.2. The lowest BCUT2D eigenvalue weighted by Crippen LogP contribution is -2.26.